The Morgan fingerprint density at radius 2 is 2.04 bits per heavy atom. The van der Waals surface area contributed by atoms with Gasteiger partial charge in [0.25, 0.3) is 0 Å². The van der Waals surface area contributed by atoms with Crippen molar-refractivity contribution in [2.24, 2.45) is 0 Å². The summed E-state index contributed by atoms with van der Waals surface area (Å²) in [5.74, 6) is 1.30. The van der Waals surface area contributed by atoms with Crippen molar-refractivity contribution in [1.82, 2.24) is 15.6 Å². The summed E-state index contributed by atoms with van der Waals surface area (Å²) in [6.45, 7) is 4.26. The van der Waals surface area contributed by atoms with Gasteiger partial charge in [0, 0.05) is 11.1 Å². The third kappa shape index (κ3) is 4.59. The van der Waals surface area contributed by atoms with Gasteiger partial charge in [-0.05, 0) is 31.5 Å². The monoisotopic (exact) mass is 335 g/mol. The number of thiazole rings is 1. The summed E-state index contributed by atoms with van der Waals surface area (Å²) in [4.78, 5) is 16.3. The maximum absolute atomic E-state index is 12.0. The predicted molar refractivity (Wildman–Crippen MR) is 90.2 cm³/mol. The molecule has 2 N–H and O–H groups in total. The van der Waals surface area contributed by atoms with Crippen LogP contribution in [0.1, 0.15) is 29.2 Å². The second-order valence-corrected chi connectivity index (χ2v) is 5.99. The molecule has 7 heteroatoms. The molecule has 2 amide bonds. The summed E-state index contributed by atoms with van der Waals surface area (Å²) in [5, 5.41) is 8.54. The Balaban J connectivity index is 1.92. The third-order valence-corrected chi connectivity index (χ3v) is 4.29. The number of urea groups is 1. The molecule has 0 saturated heterocycles. The molecule has 1 aromatic carbocycles. The van der Waals surface area contributed by atoms with Gasteiger partial charge in [-0.2, -0.15) is 0 Å². The van der Waals surface area contributed by atoms with Crippen molar-refractivity contribution < 1.29 is 14.3 Å². The number of hydrogen-bond acceptors (Lipinski definition) is 5. The van der Waals surface area contributed by atoms with E-state index in [0.29, 0.717) is 18.0 Å². The van der Waals surface area contributed by atoms with E-state index in [9.17, 15) is 4.79 Å². The summed E-state index contributed by atoms with van der Waals surface area (Å²) in [6, 6.07) is 5.18. The first-order valence-electron chi connectivity index (χ1n) is 7.20. The van der Waals surface area contributed by atoms with Crippen molar-refractivity contribution in [3.8, 4) is 11.5 Å². The fraction of sp³-hybridized carbons (Fsp3) is 0.375. The number of rotatable bonds is 6. The largest absolute Gasteiger partial charge is 0.493 e. The van der Waals surface area contributed by atoms with Crippen LogP contribution in [0.2, 0.25) is 0 Å². The van der Waals surface area contributed by atoms with Crippen molar-refractivity contribution in [3.05, 3.63) is 39.8 Å². The molecule has 2 rings (SSSR count). The number of nitrogens with zero attached hydrogens (tertiary/aromatic N) is 1. The molecule has 0 bridgehead atoms. The summed E-state index contributed by atoms with van der Waals surface area (Å²) < 4.78 is 10.5. The van der Waals surface area contributed by atoms with Crippen molar-refractivity contribution in [2.75, 3.05) is 14.2 Å². The zero-order valence-electron chi connectivity index (χ0n) is 13.7. The van der Waals surface area contributed by atoms with Crippen molar-refractivity contribution >= 4 is 17.4 Å². The summed E-state index contributed by atoms with van der Waals surface area (Å²) in [6.07, 6.45) is 0. The lowest BCUT2D eigenvalue weighted by atomic mass is 10.1. The Hall–Kier alpha value is -2.28. The Kier molecular flexibility index (Phi) is 5.81. The van der Waals surface area contributed by atoms with E-state index in [1.54, 1.807) is 14.2 Å². The Morgan fingerprint density at radius 3 is 2.65 bits per heavy atom. The van der Waals surface area contributed by atoms with E-state index in [1.807, 2.05) is 37.4 Å². The van der Waals surface area contributed by atoms with E-state index in [-0.39, 0.29) is 12.1 Å². The number of carbonyl (C=O) groups excluding carboxylic acids is 1. The molecule has 0 aliphatic carbocycles. The maximum atomic E-state index is 12.0. The van der Waals surface area contributed by atoms with Gasteiger partial charge in [-0.15, -0.1) is 11.3 Å². The molecule has 23 heavy (non-hydrogen) atoms. The van der Waals surface area contributed by atoms with E-state index in [1.165, 1.54) is 11.3 Å². The highest BCUT2D eigenvalue weighted by Crippen LogP contribution is 2.29. The van der Waals surface area contributed by atoms with E-state index >= 15 is 0 Å². The molecular weight excluding hydrogens is 314 g/mol. The number of methoxy groups -OCH3 is 2. The van der Waals surface area contributed by atoms with Gasteiger partial charge in [0.2, 0.25) is 0 Å². The van der Waals surface area contributed by atoms with Crippen molar-refractivity contribution in [2.45, 2.75) is 26.4 Å². The lowest BCUT2D eigenvalue weighted by Gasteiger charge is -2.16. The number of benzene rings is 1. The first kappa shape index (κ1) is 17.1. The third-order valence-electron chi connectivity index (χ3n) is 3.32. The molecule has 1 aromatic heterocycles. The first-order chi connectivity index (χ1) is 11.0. The van der Waals surface area contributed by atoms with E-state index in [4.69, 9.17) is 9.47 Å². The summed E-state index contributed by atoms with van der Waals surface area (Å²) in [5.41, 5.74) is 1.90. The lowest BCUT2D eigenvalue weighted by Crippen LogP contribution is -2.36. The van der Waals surface area contributed by atoms with Crippen LogP contribution in [0.4, 0.5) is 4.79 Å². The highest BCUT2D eigenvalue weighted by Gasteiger charge is 2.12. The van der Waals surface area contributed by atoms with Crippen LogP contribution in [0.5, 0.6) is 11.5 Å². The Labute approximate surface area is 139 Å². The Bertz CT molecular complexity index is 672. The number of hydrogen-bond donors (Lipinski definition) is 2. The van der Waals surface area contributed by atoms with Gasteiger partial charge < -0.3 is 20.1 Å². The minimum Gasteiger partial charge on any atom is -0.493 e. The molecule has 6 nitrogen and oxygen atoms in total. The average molecular weight is 335 g/mol. The number of amides is 2. The highest BCUT2D eigenvalue weighted by atomic mass is 32.1. The number of ether oxygens (including phenoxy) is 2. The minimum absolute atomic E-state index is 0.159. The number of nitrogens with one attached hydrogen (secondary N) is 2. The van der Waals surface area contributed by atoms with Crippen LogP contribution in [0.15, 0.2) is 23.6 Å². The maximum Gasteiger partial charge on any atom is 0.315 e. The summed E-state index contributed by atoms with van der Waals surface area (Å²) in [7, 11) is 3.18. The molecule has 0 spiro atoms. The predicted octanol–water partition coefficient (Wildman–Crippen LogP) is 3.03. The molecule has 1 atom stereocenters. The van der Waals surface area contributed by atoms with E-state index < -0.39 is 0 Å². The highest BCUT2D eigenvalue weighted by molar-refractivity contribution is 7.09. The second kappa shape index (κ2) is 7.82. The van der Waals surface area contributed by atoms with Crippen LogP contribution in [0.3, 0.4) is 0 Å². The topological polar surface area (TPSA) is 72.5 Å². The van der Waals surface area contributed by atoms with Gasteiger partial charge in [0.15, 0.2) is 11.5 Å². The number of aryl methyl sites for hydroxylation is 1. The fourth-order valence-corrected chi connectivity index (χ4v) is 2.80. The number of aromatic nitrogens is 1. The molecule has 0 unspecified atom stereocenters. The minimum atomic E-state index is -0.236. The fourth-order valence-electron chi connectivity index (χ4n) is 2.09. The molecule has 2 aromatic rings. The van der Waals surface area contributed by atoms with Crippen LogP contribution in [0, 0.1) is 6.92 Å². The van der Waals surface area contributed by atoms with Crippen LogP contribution >= 0.6 is 11.3 Å². The van der Waals surface area contributed by atoms with Crippen LogP contribution < -0.4 is 20.1 Å². The molecule has 124 valence electrons. The molecule has 0 saturated carbocycles. The van der Waals surface area contributed by atoms with Gasteiger partial charge in [0.05, 0.1) is 26.8 Å². The van der Waals surface area contributed by atoms with Gasteiger partial charge in [-0.25, -0.2) is 9.78 Å². The van der Waals surface area contributed by atoms with Gasteiger partial charge in [-0.3, -0.25) is 0 Å². The molecule has 0 aliphatic heterocycles. The molecule has 1 heterocycles. The van der Waals surface area contributed by atoms with Crippen LogP contribution in [0.25, 0.3) is 0 Å². The van der Waals surface area contributed by atoms with E-state index in [0.717, 1.165) is 16.3 Å². The van der Waals surface area contributed by atoms with E-state index in [2.05, 4.69) is 15.6 Å². The zero-order valence-corrected chi connectivity index (χ0v) is 14.5. The smallest absolute Gasteiger partial charge is 0.315 e. The second-order valence-electron chi connectivity index (χ2n) is 5.05. The SMILES string of the molecule is COc1ccc([C@@H](C)NC(=O)NCc2nc(C)cs2)cc1OC. The zero-order chi connectivity index (χ0) is 16.8. The van der Waals surface area contributed by atoms with Gasteiger partial charge in [0.1, 0.15) is 5.01 Å². The Morgan fingerprint density at radius 1 is 1.30 bits per heavy atom. The molecule has 0 aliphatic rings. The van der Waals surface area contributed by atoms with Crippen LogP contribution in [-0.2, 0) is 6.54 Å². The van der Waals surface area contributed by atoms with Crippen LogP contribution in [-0.4, -0.2) is 25.2 Å². The lowest BCUT2D eigenvalue weighted by molar-refractivity contribution is 0.237. The summed E-state index contributed by atoms with van der Waals surface area (Å²) >= 11 is 1.53. The quantitative estimate of drug-likeness (QED) is 0.851. The van der Waals surface area contributed by atoms with Crippen molar-refractivity contribution in [1.29, 1.82) is 0 Å². The standard InChI is InChI=1S/C16H21N3O3S/c1-10-9-23-15(18-10)8-17-16(20)19-11(2)12-5-6-13(21-3)14(7-12)22-4/h5-7,9,11H,8H2,1-4H3,(H2,17,19,20)/t11-/m1/s1. The first-order valence-corrected chi connectivity index (χ1v) is 8.08. The normalized spacial score (nSPS) is 11.7. The van der Waals surface area contributed by atoms with Gasteiger partial charge >= 0.3 is 6.03 Å². The molecule has 0 fully saturated rings. The average Bonchev–Trinajstić information content (AvgIpc) is 2.97. The molecule has 0 radical (unpaired) electrons. The molecular formula is C16H21N3O3S. The van der Waals surface area contributed by atoms with Crippen molar-refractivity contribution in [3.63, 3.8) is 0 Å². The van der Waals surface area contributed by atoms with Gasteiger partial charge in [-0.1, -0.05) is 6.07 Å². The number of carbonyl (C=O) groups is 1.